The van der Waals surface area contributed by atoms with Crippen LogP contribution < -0.4 is 10.5 Å². The first-order chi connectivity index (χ1) is 6.52. The van der Waals surface area contributed by atoms with Crippen LogP contribution in [-0.4, -0.2) is 16.0 Å². The lowest BCUT2D eigenvalue weighted by atomic mass is 10.3. The smallest absolute Gasteiger partial charge is 0.314 e. The molecule has 14 heavy (non-hydrogen) atoms. The number of nitrogens with two attached hydrogens (primary N) is 1. The highest BCUT2D eigenvalue weighted by Crippen LogP contribution is 2.29. The van der Waals surface area contributed by atoms with Crippen molar-refractivity contribution >= 4 is 11.4 Å². The van der Waals surface area contributed by atoms with E-state index in [4.69, 9.17) is 10.5 Å². The molecule has 0 fully saturated rings. The molecule has 0 atom stereocenters. The van der Waals surface area contributed by atoms with Crippen molar-refractivity contribution in [2.24, 2.45) is 0 Å². The molecule has 1 aromatic heterocycles. The molecule has 0 aliphatic carbocycles. The third-order valence-corrected chi connectivity index (χ3v) is 1.49. The molecule has 0 radical (unpaired) electrons. The van der Waals surface area contributed by atoms with Crippen LogP contribution in [0.15, 0.2) is 12.4 Å². The highest BCUT2D eigenvalue weighted by molar-refractivity contribution is 5.65. The number of ether oxygens (including phenoxy) is 1. The maximum absolute atomic E-state index is 10.5. The molecular formula is C8H11N3O3. The first-order valence-corrected chi connectivity index (χ1v) is 4.07. The van der Waals surface area contributed by atoms with E-state index in [1.807, 2.05) is 0 Å². The summed E-state index contributed by atoms with van der Waals surface area (Å²) in [5.74, 6) is 0.245. The summed E-state index contributed by atoms with van der Waals surface area (Å²) in [4.78, 5) is 13.6. The summed E-state index contributed by atoms with van der Waals surface area (Å²) in [5, 5.41) is 10.5. The second-order valence-electron chi connectivity index (χ2n) is 2.99. The number of pyridine rings is 1. The second-order valence-corrected chi connectivity index (χ2v) is 2.99. The van der Waals surface area contributed by atoms with E-state index < -0.39 is 4.92 Å². The van der Waals surface area contributed by atoms with Crippen molar-refractivity contribution in [2.75, 3.05) is 5.73 Å². The molecular weight excluding hydrogens is 186 g/mol. The summed E-state index contributed by atoms with van der Waals surface area (Å²) in [6.45, 7) is 3.61. The molecule has 1 aromatic rings. The third-order valence-electron chi connectivity index (χ3n) is 1.49. The predicted octanol–water partition coefficient (Wildman–Crippen LogP) is 1.36. The first kappa shape index (κ1) is 10.2. The quantitative estimate of drug-likeness (QED) is 0.583. The minimum atomic E-state index is -0.588. The molecule has 0 unspecified atom stereocenters. The molecule has 76 valence electrons. The Bertz CT molecular complexity index is 352. The SMILES string of the molecule is CC(C)Oc1cncc([N+](=O)[O-])c1N. The molecule has 2 N–H and O–H groups in total. The number of aromatic nitrogens is 1. The molecule has 1 heterocycles. The van der Waals surface area contributed by atoms with Gasteiger partial charge in [-0.15, -0.1) is 0 Å². The maximum atomic E-state index is 10.5. The Kier molecular flexibility index (Phi) is 2.85. The molecule has 6 nitrogen and oxygen atoms in total. The van der Waals surface area contributed by atoms with Crippen LogP contribution >= 0.6 is 0 Å². The van der Waals surface area contributed by atoms with Gasteiger partial charge < -0.3 is 10.5 Å². The maximum Gasteiger partial charge on any atom is 0.314 e. The number of hydrogen-bond donors (Lipinski definition) is 1. The average Bonchev–Trinajstić information content (AvgIpc) is 2.07. The monoisotopic (exact) mass is 197 g/mol. The molecule has 0 aliphatic rings. The Morgan fingerprint density at radius 2 is 2.21 bits per heavy atom. The van der Waals surface area contributed by atoms with Gasteiger partial charge in [0, 0.05) is 0 Å². The Balaban J connectivity index is 3.07. The number of anilines is 1. The lowest BCUT2D eigenvalue weighted by Crippen LogP contribution is -2.08. The number of rotatable bonds is 3. The fraction of sp³-hybridized carbons (Fsp3) is 0.375. The minimum absolute atomic E-state index is 0.0127. The number of nitrogens with zero attached hydrogens (tertiary/aromatic N) is 2. The Morgan fingerprint density at radius 1 is 1.57 bits per heavy atom. The van der Waals surface area contributed by atoms with Gasteiger partial charge in [0.2, 0.25) is 0 Å². The van der Waals surface area contributed by atoms with Crippen LogP contribution in [-0.2, 0) is 0 Å². The van der Waals surface area contributed by atoms with Crippen molar-refractivity contribution < 1.29 is 9.66 Å². The van der Waals surface area contributed by atoms with Crippen molar-refractivity contribution in [3.05, 3.63) is 22.5 Å². The molecule has 0 aliphatic heterocycles. The fourth-order valence-electron chi connectivity index (χ4n) is 0.934. The summed E-state index contributed by atoms with van der Waals surface area (Å²) < 4.78 is 5.24. The van der Waals surface area contributed by atoms with Crippen LogP contribution in [0.25, 0.3) is 0 Å². The molecule has 0 aromatic carbocycles. The lowest BCUT2D eigenvalue weighted by Gasteiger charge is -2.10. The molecule has 6 heteroatoms. The predicted molar refractivity (Wildman–Crippen MR) is 51.1 cm³/mol. The van der Waals surface area contributed by atoms with E-state index in [9.17, 15) is 10.1 Å². The van der Waals surface area contributed by atoms with Gasteiger partial charge in [-0.25, -0.2) is 0 Å². The third kappa shape index (κ3) is 2.09. The van der Waals surface area contributed by atoms with Crippen molar-refractivity contribution in [3.8, 4) is 5.75 Å². The van der Waals surface area contributed by atoms with E-state index >= 15 is 0 Å². The number of hydrogen-bond acceptors (Lipinski definition) is 5. The minimum Gasteiger partial charge on any atom is -0.487 e. The molecule has 0 bridgehead atoms. The van der Waals surface area contributed by atoms with Gasteiger partial charge in [-0.2, -0.15) is 0 Å². The van der Waals surface area contributed by atoms with Gasteiger partial charge in [0.25, 0.3) is 0 Å². The summed E-state index contributed by atoms with van der Waals surface area (Å²) in [5.41, 5.74) is 5.31. The zero-order valence-electron chi connectivity index (χ0n) is 7.93. The van der Waals surface area contributed by atoms with Crippen molar-refractivity contribution in [3.63, 3.8) is 0 Å². The highest BCUT2D eigenvalue weighted by atomic mass is 16.6. The van der Waals surface area contributed by atoms with Gasteiger partial charge >= 0.3 is 5.69 Å². The van der Waals surface area contributed by atoms with Gasteiger partial charge in [0.05, 0.1) is 17.2 Å². The summed E-state index contributed by atoms with van der Waals surface area (Å²) in [6, 6.07) is 0. The fourth-order valence-corrected chi connectivity index (χ4v) is 0.934. The van der Waals surface area contributed by atoms with Crippen LogP contribution in [0.1, 0.15) is 13.8 Å². The van der Waals surface area contributed by atoms with E-state index in [0.717, 1.165) is 6.20 Å². The Morgan fingerprint density at radius 3 is 2.71 bits per heavy atom. The van der Waals surface area contributed by atoms with Crippen LogP contribution in [0.2, 0.25) is 0 Å². The number of nitrogen functional groups attached to an aromatic ring is 1. The van der Waals surface area contributed by atoms with Crippen molar-refractivity contribution in [1.29, 1.82) is 0 Å². The topological polar surface area (TPSA) is 91.3 Å². The van der Waals surface area contributed by atoms with Crippen LogP contribution in [0.3, 0.4) is 0 Å². The van der Waals surface area contributed by atoms with Crippen LogP contribution in [0.4, 0.5) is 11.4 Å². The van der Waals surface area contributed by atoms with E-state index in [1.165, 1.54) is 6.20 Å². The zero-order valence-corrected chi connectivity index (χ0v) is 7.93. The Hall–Kier alpha value is -1.85. The van der Waals surface area contributed by atoms with Gasteiger partial charge in [-0.05, 0) is 13.8 Å². The number of nitro groups is 1. The van der Waals surface area contributed by atoms with Crippen molar-refractivity contribution in [2.45, 2.75) is 20.0 Å². The molecule has 0 amide bonds. The molecule has 0 saturated heterocycles. The van der Waals surface area contributed by atoms with Gasteiger partial charge in [-0.3, -0.25) is 15.1 Å². The largest absolute Gasteiger partial charge is 0.487 e. The van der Waals surface area contributed by atoms with E-state index in [1.54, 1.807) is 13.8 Å². The molecule has 1 rings (SSSR count). The molecule has 0 spiro atoms. The summed E-state index contributed by atoms with van der Waals surface area (Å²) >= 11 is 0. The normalized spacial score (nSPS) is 10.2. The van der Waals surface area contributed by atoms with Crippen LogP contribution in [0.5, 0.6) is 5.75 Å². The van der Waals surface area contributed by atoms with Crippen LogP contribution in [0, 0.1) is 10.1 Å². The second kappa shape index (κ2) is 3.91. The summed E-state index contributed by atoms with van der Waals surface area (Å²) in [6.07, 6.45) is 2.37. The first-order valence-electron chi connectivity index (χ1n) is 4.07. The zero-order chi connectivity index (χ0) is 10.7. The Labute approximate surface area is 80.9 Å². The molecule has 0 saturated carbocycles. The van der Waals surface area contributed by atoms with Gasteiger partial charge in [0.15, 0.2) is 11.4 Å². The van der Waals surface area contributed by atoms with E-state index in [2.05, 4.69) is 4.98 Å². The van der Waals surface area contributed by atoms with Gasteiger partial charge in [0.1, 0.15) is 6.20 Å². The average molecular weight is 197 g/mol. The van der Waals surface area contributed by atoms with E-state index in [-0.39, 0.29) is 23.2 Å². The van der Waals surface area contributed by atoms with Gasteiger partial charge in [-0.1, -0.05) is 0 Å². The van der Waals surface area contributed by atoms with Crippen molar-refractivity contribution in [1.82, 2.24) is 4.98 Å². The standard InChI is InChI=1S/C8H11N3O3/c1-5(2)14-7-4-10-3-6(8(7)9)11(12)13/h3-5H,1-2H3,(H2,9,10). The summed E-state index contributed by atoms with van der Waals surface area (Å²) in [7, 11) is 0. The lowest BCUT2D eigenvalue weighted by molar-refractivity contribution is -0.384. The highest BCUT2D eigenvalue weighted by Gasteiger charge is 2.16. The van der Waals surface area contributed by atoms with E-state index in [0.29, 0.717) is 0 Å².